The molecule has 1 aliphatic heterocycles. The van der Waals surface area contributed by atoms with E-state index in [-0.39, 0.29) is 35.0 Å². The quantitative estimate of drug-likeness (QED) is 0.353. The topological polar surface area (TPSA) is 69.7 Å². The maximum Gasteiger partial charge on any atom is 0.419 e. The molecule has 0 bridgehead atoms. The molecule has 1 aliphatic rings. The van der Waals surface area contributed by atoms with Crippen LogP contribution in [0.4, 0.5) is 17.6 Å². The lowest BCUT2D eigenvalue weighted by molar-refractivity contribution is -0.140. The largest absolute Gasteiger partial charge is 0.419 e. The number of likely N-dealkylation sites (N-methyl/N-ethyl adjacent to an activating group) is 1. The first-order chi connectivity index (χ1) is 18.5. The van der Waals surface area contributed by atoms with E-state index in [1.54, 1.807) is 25.1 Å². The molecule has 1 atom stereocenters. The predicted octanol–water partition coefficient (Wildman–Crippen LogP) is 5.51. The van der Waals surface area contributed by atoms with E-state index in [0.29, 0.717) is 36.6 Å². The Balaban J connectivity index is 1.77. The van der Waals surface area contributed by atoms with E-state index >= 15 is 0 Å². The van der Waals surface area contributed by atoms with Crippen molar-refractivity contribution in [2.45, 2.75) is 50.4 Å². The minimum Gasteiger partial charge on any atom is -0.341 e. The highest BCUT2D eigenvalue weighted by molar-refractivity contribution is 7.90. The van der Waals surface area contributed by atoms with Gasteiger partial charge in [-0.2, -0.15) is 13.2 Å². The molecule has 2 aromatic carbocycles. The summed E-state index contributed by atoms with van der Waals surface area (Å²) in [5.41, 5.74) is -1.72. The Morgan fingerprint density at radius 3 is 2.33 bits per heavy atom. The van der Waals surface area contributed by atoms with Crippen molar-refractivity contribution in [2.75, 3.05) is 38.8 Å². The monoisotopic (exact) mass is 625 g/mol. The summed E-state index contributed by atoms with van der Waals surface area (Å²) in [6, 6.07) is 7.71. The van der Waals surface area contributed by atoms with Crippen molar-refractivity contribution in [1.29, 1.82) is 0 Å². The fraction of sp³-hybridized carbons (Fsp3) is 0.519. The van der Waals surface area contributed by atoms with Gasteiger partial charge in [-0.25, -0.2) is 12.8 Å². The van der Waals surface area contributed by atoms with Gasteiger partial charge in [-0.05, 0) is 81.2 Å². The van der Waals surface area contributed by atoms with E-state index in [2.05, 4.69) is 10.2 Å². The zero-order valence-electron chi connectivity index (χ0n) is 22.5. The minimum absolute atomic E-state index is 0.0770. The lowest BCUT2D eigenvalue weighted by Gasteiger charge is -2.37. The van der Waals surface area contributed by atoms with Crippen LogP contribution in [0, 0.1) is 5.82 Å². The van der Waals surface area contributed by atoms with Crippen LogP contribution >= 0.6 is 23.2 Å². The third kappa shape index (κ3) is 8.55. The van der Waals surface area contributed by atoms with Crippen LogP contribution in [0.2, 0.25) is 10.0 Å². The van der Waals surface area contributed by atoms with Gasteiger partial charge in [-0.1, -0.05) is 35.3 Å². The Labute approximate surface area is 242 Å². The first-order valence-corrected chi connectivity index (χ1v) is 15.5. The summed E-state index contributed by atoms with van der Waals surface area (Å²) >= 11 is 12.4. The number of carbonyl (C=O) groups excluding carboxylic acids is 1. The van der Waals surface area contributed by atoms with Crippen molar-refractivity contribution in [3.05, 3.63) is 69.0 Å². The van der Waals surface area contributed by atoms with E-state index in [9.17, 15) is 30.8 Å². The van der Waals surface area contributed by atoms with E-state index in [4.69, 9.17) is 23.2 Å². The second kappa shape index (κ2) is 12.9. The van der Waals surface area contributed by atoms with Gasteiger partial charge in [-0.3, -0.25) is 4.79 Å². The number of benzene rings is 2. The summed E-state index contributed by atoms with van der Waals surface area (Å²) in [5, 5.41) is 3.66. The third-order valence-corrected chi connectivity index (χ3v) is 8.71. The van der Waals surface area contributed by atoms with Crippen LogP contribution in [0.1, 0.15) is 42.9 Å². The van der Waals surface area contributed by atoms with Gasteiger partial charge in [0.2, 0.25) is 5.91 Å². The van der Waals surface area contributed by atoms with Gasteiger partial charge < -0.3 is 15.1 Å². The van der Waals surface area contributed by atoms with E-state index in [0.717, 1.165) is 25.0 Å². The van der Waals surface area contributed by atoms with Gasteiger partial charge in [0.15, 0.2) is 9.84 Å². The number of piperidine rings is 1. The average Bonchev–Trinajstić information content (AvgIpc) is 2.87. The van der Waals surface area contributed by atoms with Crippen LogP contribution in [0.25, 0.3) is 0 Å². The summed E-state index contributed by atoms with van der Waals surface area (Å²) in [6.45, 7) is 3.56. The zero-order chi connectivity index (χ0) is 29.9. The molecule has 222 valence electrons. The van der Waals surface area contributed by atoms with E-state index in [1.165, 1.54) is 24.3 Å². The third-order valence-electron chi connectivity index (χ3n) is 7.28. The number of amides is 1. The fourth-order valence-corrected chi connectivity index (χ4v) is 5.72. The highest BCUT2D eigenvalue weighted by Gasteiger charge is 2.39. The first-order valence-electron chi connectivity index (χ1n) is 12.7. The summed E-state index contributed by atoms with van der Waals surface area (Å²) in [4.78, 5) is 17.4. The molecule has 1 saturated heterocycles. The zero-order valence-corrected chi connectivity index (χ0v) is 24.8. The first kappa shape index (κ1) is 32.6. The molecule has 6 nitrogen and oxygen atoms in total. The normalized spacial score (nSPS) is 17.0. The maximum atomic E-state index is 13.9. The van der Waals surface area contributed by atoms with E-state index < -0.39 is 32.8 Å². The molecule has 0 spiro atoms. The summed E-state index contributed by atoms with van der Waals surface area (Å²) in [7, 11) is -1.62. The number of carbonyl (C=O) groups is 1. The van der Waals surface area contributed by atoms with Gasteiger partial charge >= 0.3 is 6.18 Å². The number of halogens is 6. The van der Waals surface area contributed by atoms with E-state index in [1.807, 2.05) is 0 Å². The van der Waals surface area contributed by atoms with Gasteiger partial charge in [0.1, 0.15) is 5.82 Å². The molecule has 0 saturated carbocycles. The van der Waals surface area contributed by atoms with Crippen LogP contribution < -0.4 is 5.32 Å². The minimum atomic E-state index is -4.86. The van der Waals surface area contributed by atoms with Crippen molar-refractivity contribution in [3.8, 4) is 0 Å². The number of alkyl halides is 3. The molecular formula is C27H33Cl2F4N3O3S. The fourth-order valence-electron chi connectivity index (χ4n) is 4.88. The van der Waals surface area contributed by atoms with Crippen LogP contribution in [0.15, 0.2) is 36.4 Å². The molecule has 0 aromatic heterocycles. The van der Waals surface area contributed by atoms with Gasteiger partial charge in [0, 0.05) is 25.9 Å². The van der Waals surface area contributed by atoms with Crippen LogP contribution in [-0.2, 0) is 32.8 Å². The van der Waals surface area contributed by atoms with Crippen LogP contribution in [-0.4, -0.2) is 69.0 Å². The average molecular weight is 627 g/mol. The second-order valence-corrected chi connectivity index (χ2v) is 13.5. The molecule has 2 aromatic rings. The predicted molar refractivity (Wildman–Crippen MR) is 149 cm³/mol. The lowest BCUT2D eigenvalue weighted by Crippen LogP contribution is -2.47. The van der Waals surface area contributed by atoms with Gasteiger partial charge in [-0.15, -0.1) is 0 Å². The SMILES string of the molecule is CN(Cc1ccc(F)c(C(F)(F)F)c1)C(=O)C(C)(CCN1CCC(NCS(C)(=O)=O)CC1)c1ccc(Cl)c(Cl)c1. The Bertz CT molecular complexity index is 1320. The summed E-state index contributed by atoms with van der Waals surface area (Å²) in [6.07, 6.45) is -1.80. The Kier molecular flexibility index (Phi) is 10.5. The molecule has 1 amide bonds. The molecule has 0 aliphatic carbocycles. The summed E-state index contributed by atoms with van der Waals surface area (Å²) in [5.74, 6) is -1.79. The lowest BCUT2D eigenvalue weighted by atomic mass is 9.77. The molecule has 1 heterocycles. The number of likely N-dealkylation sites (tertiary alicyclic amines) is 1. The smallest absolute Gasteiger partial charge is 0.341 e. The highest BCUT2D eigenvalue weighted by Crippen LogP contribution is 2.36. The molecule has 0 radical (unpaired) electrons. The maximum absolute atomic E-state index is 13.9. The number of rotatable bonds is 10. The molecular weight excluding hydrogens is 593 g/mol. The molecule has 1 unspecified atom stereocenters. The van der Waals surface area contributed by atoms with Crippen molar-refractivity contribution >= 4 is 38.9 Å². The highest BCUT2D eigenvalue weighted by atomic mass is 35.5. The Morgan fingerprint density at radius 2 is 1.75 bits per heavy atom. The molecule has 3 rings (SSSR count). The molecule has 13 heteroatoms. The Morgan fingerprint density at radius 1 is 1.10 bits per heavy atom. The van der Waals surface area contributed by atoms with Crippen molar-refractivity contribution < 1.29 is 30.8 Å². The molecule has 40 heavy (non-hydrogen) atoms. The van der Waals surface area contributed by atoms with Crippen molar-refractivity contribution in [2.24, 2.45) is 0 Å². The number of nitrogens with zero attached hydrogens (tertiary/aromatic N) is 2. The van der Waals surface area contributed by atoms with Gasteiger partial charge in [0.25, 0.3) is 0 Å². The van der Waals surface area contributed by atoms with Crippen molar-refractivity contribution in [3.63, 3.8) is 0 Å². The number of hydrogen-bond donors (Lipinski definition) is 1. The van der Waals surface area contributed by atoms with Crippen LogP contribution in [0.3, 0.4) is 0 Å². The number of sulfone groups is 1. The van der Waals surface area contributed by atoms with Crippen molar-refractivity contribution in [1.82, 2.24) is 15.1 Å². The Hall–Kier alpha value is -1.92. The number of nitrogens with one attached hydrogen (secondary N) is 1. The summed E-state index contributed by atoms with van der Waals surface area (Å²) < 4.78 is 76.3. The molecule has 1 N–H and O–H groups in total. The number of hydrogen-bond acceptors (Lipinski definition) is 5. The van der Waals surface area contributed by atoms with Crippen LogP contribution in [0.5, 0.6) is 0 Å². The second-order valence-electron chi connectivity index (χ2n) is 10.6. The van der Waals surface area contributed by atoms with Gasteiger partial charge in [0.05, 0.1) is 26.9 Å². The molecule has 1 fully saturated rings. The standard InChI is InChI=1S/C27H33Cl2F4N3O3S/c1-26(19-5-6-22(28)23(29)15-19,10-13-36-11-8-20(9-12-36)34-17-40(3,38)39)25(37)35(2)16-18-4-7-24(30)21(14-18)27(31,32)33/h4-7,14-15,20,34H,8-13,16-17H2,1-3H3.